The number of phosphoric acid groups is 1. The summed E-state index contributed by atoms with van der Waals surface area (Å²) in [7, 11) is -4.79. The van der Waals surface area contributed by atoms with Gasteiger partial charge < -0.3 is 24.4 Å². The fourth-order valence-electron chi connectivity index (χ4n) is 4.82. The third kappa shape index (κ3) is 41.7. The van der Waals surface area contributed by atoms with Gasteiger partial charge in [0.1, 0.15) is 6.61 Å². The molecule has 0 fully saturated rings. The molecule has 2 atom stereocenters. The van der Waals surface area contributed by atoms with Crippen molar-refractivity contribution in [3.05, 3.63) is 109 Å². The van der Waals surface area contributed by atoms with Gasteiger partial charge in [0.25, 0.3) is 0 Å². The molecule has 0 unspecified atom stereocenters. The Morgan fingerprint density at radius 3 is 1.55 bits per heavy atom. The second-order valence-corrected chi connectivity index (χ2v) is 14.3. The van der Waals surface area contributed by atoms with Gasteiger partial charge in [-0.15, -0.1) is 0 Å². The number of rotatable bonds is 35. The average molecular weight is 787 g/mol. The van der Waals surface area contributed by atoms with Crippen LogP contribution in [0.25, 0.3) is 0 Å². The number of hydrogen-bond donors (Lipinski definition) is 3. The average Bonchev–Trinajstić information content (AvgIpc) is 3.15. The standard InChI is InChI=1S/C45H71O9P/c1-3-5-7-8-9-10-11-12-13-14-15-16-17-18-22-25-28-31-34-38-44(47)52-40-43(41-53-55(49,50)51)54-45(48)39-35-32-29-26-23-20-19-21-24-27-30-33-37-42(46)36-6-4-2/h5,7,9-10,12-13,15-16,18-20,22,24,26-27,29,33,37,42-43,46H,3-4,6,8,11,14,17,21,23,25,28,30-32,34-36,38-41H2,1-2H3,(H2,49,50,51)/b7-5-,10-9-,13-12-,16-15-,20-19-,22-18-,27-24-,29-26-,37-33-/t42-,43-/m1/s1. The Labute approximate surface area is 332 Å². The zero-order valence-electron chi connectivity index (χ0n) is 33.6. The van der Waals surface area contributed by atoms with Crippen LogP contribution in [0.1, 0.15) is 136 Å². The van der Waals surface area contributed by atoms with Gasteiger partial charge in [0.2, 0.25) is 0 Å². The van der Waals surface area contributed by atoms with Crippen LogP contribution in [0, 0.1) is 0 Å². The molecular weight excluding hydrogens is 715 g/mol. The molecule has 310 valence electrons. The van der Waals surface area contributed by atoms with Crippen molar-refractivity contribution in [2.75, 3.05) is 13.2 Å². The van der Waals surface area contributed by atoms with Gasteiger partial charge in [0.05, 0.1) is 12.7 Å². The molecule has 0 aromatic heterocycles. The second-order valence-electron chi connectivity index (χ2n) is 13.0. The Balaban J connectivity index is 4.16. The van der Waals surface area contributed by atoms with Crippen molar-refractivity contribution in [2.24, 2.45) is 0 Å². The summed E-state index contributed by atoms with van der Waals surface area (Å²) in [5, 5.41) is 9.79. The van der Waals surface area contributed by atoms with E-state index in [0.29, 0.717) is 19.3 Å². The lowest BCUT2D eigenvalue weighted by Gasteiger charge is -2.18. The summed E-state index contributed by atoms with van der Waals surface area (Å²) in [4.78, 5) is 42.8. The minimum absolute atomic E-state index is 0.104. The number of phosphoric ester groups is 1. The van der Waals surface area contributed by atoms with E-state index < -0.39 is 32.5 Å². The highest BCUT2D eigenvalue weighted by molar-refractivity contribution is 7.46. The second kappa shape index (κ2) is 38.9. The van der Waals surface area contributed by atoms with Gasteiger partial charge in [-0.1, -0.05) is 142 Å². The number of allylic oxidation sites excluding steroid dienone is 17. The maximum absolute atomic E-state index is 12.4. The molecule has 0 saturated heterocycles. The minimum Gasteiger partial charge on any atom is -0.462 e. The van der Waals surface area contributed by atoms with Crippen LogP contribution in [-0.2, 0) is 28.2 Å². The fourth-order valence-corrected chi connectivity index (χ4v) is 5.18. The molecule has 0 aliphatic heterocycles. The lowest BCUT2D eigenvalue weighted by Crippen LogP contribution is -2.29. The molecule has 55 heavy (non-hydrogen) atoms. The van der Waals surface area contributed by atoms with E-state index in [9.17, 15) is 19.3 Å². The van der Waals surface area contributed by atoms with E-state index in [-0.39, 0.29) is 25.6 Å². The van der Waals surface area contributed by atoms with E-state index in [0.717, 1.165) is 89.9 Å². The smallest absolute Gasteiger partial charge is 0.462 e. The first-order valence-electron chi connectivity index (χ1n) is 20.3. The van der Waals surface area contributed by atoms with Gasteiger partial charge in [0.15, 0.2) is 6.10 Å². The van der Waals surface area contributed by atoms with E-state index >= 15 is 0 Å². The van der Waals surface area contributed by atoms with E-state index in [1.165, 1.54) is 0 Å². The molecule has 0 saturated carbocycles. The van der Waals surface area contributed by atoms with Crippen molar-refractivity contribution in [3.8, 4) is 0 Å². The van der Waals surface area contributed by atoms with E-state index in [1.807, 2.05) is 24.3 Å². The molecule has 0 radical (unpaired) electrons. The molecule has 10 heteroatoms. The topological polar surface area (TPSA) is 140 Å². The third-order valence-electron chi connectivity index (χ3n) is 7.85. The zero-order valence-corrected chi connectivity index (χ0v) is 34.5. The molecule has 0 spiro atoms. The highest BCUT2D eigenvalue weighted by Crippen LogP contribution is 2.36. The third-order valence-corrected chi connectivity index (χ3v) is 8.33. The first-order valence-corrected chi connectivity index (χ1v) is 21.8. The number of aliphatic hydroxyl groups is 1. The van der Waals surface area contributed by atoms with Crippen LogP contribution in [0.15, 0.2) is 109 Å². The first kappa shape index (κ1) is 51.7. The van der Waals surface area contributed by atoms with Gasteiger partial charge >= 0.3 is 19.8 Å². The minimum atomic E-state index is -4.79. The van der Waals surface area contributed by atoms with Crippen LogP contribution in [0.3, 0.4) is 0 Å². The van der Waals surface area contributed by atoms with Crippen molar-refractivity contribution in [2.45, 2.75) is 148 Å². The van der Waals surface area contributed by atoms with Crippen LogP contribution in [0.2, 0.25) is 0 Å². The molecule has 0 bridgehead atoms. The monoisotopic (exact) mass is 786 g/mol. The number of ether oxygens (including phenoxy) is 2. The summed E-state index contributed by atoms with van der Waals surface area (Å²) in [6.07, 6.45) is 51.5. The van der Waals surface area contributed by atoms with Crippen molar-refractivity contribution in [1.82, 2.24) is 0 Å². The molecule has 0 rings (SSSR count). The van der Waals surface area contributed by atoms with Crippen LogP contribution in [0.5, 0.6) is 0 Å². The summed E-state index contributed by atoms with van der Waals surface area (Å²) in [6, 6.07) is 0. The molecule has 0 heterocycles. The van der Waals surface area contributed by atoms with Crippen LogP contribution in [0.4, 0.5) is 0 Å². The van der Waals surface area contributed by atoms with Gasteiger partial charge in [-0.3, -0.25) is 14.1 Å². The van der Waals surface area contributed by atoms with Crippen molar-refractivity contribution < 1.29 is 43.0 Å². The van der Waals surface area contributed by atoms with Crippen LogP contribution < -0.4 is 0 Å². The summed E-state index contributed by atoms with van der Waals surface area (Å²) in [5.41, 5.74) is 0. The summed E-state index contributed by atoms with van der Waals surface area (Å²) in [5.74, 6) is -1.02. The summed E-state index contributed by atoms with van der Waals surface area (Å²) >= 11 is 0. The normalized spacial score (nSPS) is 14.2. The Morgan fingerprint density at radius 2 is 1.04 bits per heavy atom. The van der Waals surface area contributed by atoms with E-state index in [1.54, 1.807) is 0 Å². The Morgan fingerprint density at radius 1 is 0.564 bits per heavy atom. The maximum atomic E-state index is 12.4. The predicted molar refractivity (Wildman–Crippen MR) is 226 cm³/mol. The van der Waals surface area contributed by atoms with Crippen molar-refractivity contribution in [3.63, 3.8) is 0 Å². The van der Waals surface area contributed by atoms with Gasteiger partial charge in [-0.05, 0) is 89.9 Å². The van der Waals surface area contributed by atoms with Crippen LogP contribution >= 0.6 is 7.82 Å². The number of carbonyl (C=O) groups excluding carboxylic acids is 2. The Bertz CT molecular complexity index is 1270. The number of esters is 2. The molecule has 0 aromatic carbocycles. The molecule has 3 N–H and O–H groups in total. The molecule has 0 amide bonds. The van der Waals surface area contributed by atoms with Gasteiger partial charge in [-0.2, -0.15) is 0 Å². The van der Waals surface area contributed by atoms with Crippen molar-refractivity contribution >= 4 is 19.8 Å². The quantitative estimate of drug-likeness (QED) is 0.0248. The SMILES string of the molecule is CC/C=C\C/C=C\C/C=C\C/C=C\C/C=C\CCCCCC(=O)OC[C@H](COP(=O)(O)O)OC(=O)CCC/C=C\C/C=C\C/C=C\C/C=C\[C@H](O)CCCC. The highest BCUT2D eigenvalue weighted by Gasteiger charge is 2.22. The molecule has 0 aliphatic carbocycles. The summed E-state index contributed by atoms with van der Waals surface area (Å²) in [6.45, 7) is 3.32. The maximum Gasteiger partial charge on any atom is 0.469 e. The molecular formula is C45H71O9P. The largest absolute Gasteiger partial charge is 0.469 e. The number of aliphatic hydroxyl groups excluding tert-OH is 1. The van der Waals surface area contributed by atoms with Crippen molar-refractivity contribution in [1.29, 1.82) is 0 Å². The number of unbranched alkanes of at least 4 members (excludes halogenated alkanes) is 5. The molecule has 0 aromatic rings. The zero-order chi connectivity index (χ0) is 40.5. The molecule has 9 nitrogen and oxygen atoms in total. The summed E-state index contributed by atoms with van der Waals surface area (Å²) < 4.78 is 26.3. The van der Waals surface area contributed by atoms with Gasteiger partial charge in [-0.25, -0.2) is 4.57 Å². The van der Waals surface area contributed by atoms with E-state index in [4.69, 9.17) is 19.3 Å². The predicted octanol–water partition coefficient (Wildman–Crippen LogP) is 11.4. The number of hydrogen-bond acceptors (Lipinski definition) is 7. The fraction of sp³-hybridized carbons (Fsp3) is 0.556. The lowest BCUT2D eigenvalue weighted by atomic mass is 10.1. The highest BCUT2D eigenvalue weighted by atomic mass is 31.2. The van der Waals surface area contributed by atoms with Crippen LogP contribution in [-0.4, -0.2) is 52.3 Å². The van der Waals surface area contributed by atoms with E-state index in [2.05, 4.69) is 103 Å². The first-order chi connectivity index (χ1) is 26.7. The Hall–Kier alpha value is -3.33. The Kier molecular flexibility index (Phi) is 36.6. The van der Waals surface area contributed by atoms with Gasteiger partial charge in [0, 0.05) is 12.8 Å². The number of carbonyl (C=O) groups is 2. The lowest BCUT2D eigenvalue weighted by molar-refractivity contribution is -0.161. The molecule has 0 aliphatic rings.